The molecule has 58 heavy (non-hydrogen) atoms. The first-order valence-electron chi connectivity index (χ1n) is 22.9. The van der Waals surface area contributed by atoms with Crippen molar-refractivity contribution < 1.29 is 37.6 Å². The van der Waals surface area contributed by atoms with Crippen molar-refractivity contribution in [1.82, 2.24) is 5.32 Å². The summed E-state index contributed by atoms with van der Waals surface area (Å²) in [6.07, 6.45) is 52.3. The average molecular weight is 834 g/mol. The SMILES string of the molecule is CC/C=C\C/C=C\C/C=C\C/C=C\CCCCCCC(=O)OCC(COP(=O)(O)OCCNC)OC(=O)CCCCCCCCCCC/C=C\C/C=C\CCCCC. The Morgan fingerprint density at radius 1 is 0.552 bits per heavy atom. The first kappa shape index (κ1) is 55.5. The van der Waals surface area contributed by atoms with Crippen LogP contribution in [0.15, 0.2) is 72.9 Å². The molecule has 0 aliphatic carbocycles. The highest BCUT2D eigenvalue weighted by Crippen LogP contribution is 2.43. The fraction of sp³-hybridized carbons (Fsp3) is 0.708. The molecular weight excluding hydrogens is 750 g/mol. The molecule has 0 aliphatic rings. The van der Waals surface area contributed by atoms with Gasteiger partial charge in [0, 0.05) is 19.4 Å². The lowest BCUT2D eigenvalue weighted by Crippen LogP contribution is -2.29. The minimum Gasteiger partial charge on any atom is -0.462 e. The van der Waals surface area contributed by atoms with Gasteiger partial charge in [0.05, 0.1) is 13.2 Å². The van der Waals surface area contributed by atoms with Gasteiger partial charge in [0.25, 0.3) is 0 Å². The summed E-state index contributed by atoms with van der Waals surface area (Å²) in [7, 11) is -2.67. The molecule has 0 heterocycles. The smallest absolute Gasteiger partial charge is 0.462 e. The second-order valence-electron chi connectivity index (χ2n) is 14.8. The number of likely N-dealkylation sites (N-methyl/N-ethyl adjacent to an activating group) is 1. The Morgan fingerprint density at radius 2 is 0.983 bits per heavy atom. The minimum absolute atomic E-state index is 0.0255. The van der Waals surface area contributed by atoms with Crippen LogP contribution in [0.3, 0.4) is 0 Å². The third-order valence-corrected chi connectivity index (χ3v) is 10.3. The summed E-state index contributed by atoms with van der Waals surface area (Å²) >= 11 is 0. The number of rotatable bonds is 42. The average Bonchev–Trinajstić information content (AvgIpc) is 3.21. The normalized spacial score (nSPS) is 13.9. The van der Waals surface area contributed by atoms with Crippen LogP contribution in [-0.2, 0) is 32.7 Å². The van der Waals surface area contributed by atoms with Crippen molar-refractivity contribution in [3.63, 3.8) is 0 Å². The fourth-order valence-electron chi connectivity index (χ4n) is 5.87. The van der Waals surface area contributed by atoms with Crippen molar-refractivity contribution in [3.05, 3.63) is 72.9 Å². The molecule has 0 aromatic rings. The third-order valence-electron chi connectivity index (χ3n) is 9.31. The fourth-order valence-corrected chi connectivity index (χ4v) is 6.62. The van der Waals surface area contributed by atoms with Gasteiger partial charge in [-0.25, -0.2) is 4.57 Å². The van der Waals surface area contributed by atoms with Crippen molar-refractivity contribution in [1.29, 1.82) is 0 Å². The maximum atomic E-state index is 12.7. The number of phosphoric ester groups is 1. The van der Waals surface area contributed by atoms with Gasteiger partial charge in [0.2, 0.25) is 0 Å². The zero-order valence-corrected chi connectivity index (χ0v) is 37.9. The molecular formula is C48H84NO8P. The summed E-state index contributed by atoms with van der Waals surface area (Å²) in [4.78, 5) is 35.1. The highest BCUT2D eigenvalue weighted by atomic mass is 31.2. The standard InChI is InChI=1S/C48H84NO8P/c1-4-6-8-10-12-14-16-18-20-22-23-25-27-29-31-33-35-37-39-41-48(51)57-46(45-56-58(52,53)55-43-42-49-3)44-54-47(50)40-38-36-34-32-30-28-26-24-21-19-17-15-13-11-9-7-5-2/h7,9,12-15,18-21,26,28,46,49H,4-6,8,10-11,16-17,22-25,27,29-45H2,1-3H3,(H,52,53)/b9-7-,14-12-,15-13-,20-18-,21-19-,28-26-. The van der Waals surface area contributed by atoms with Gasteiger partial charge in [-0.2, -0.15) is 0 Å². The molecule has 9 nitrogen and oxygen atoms in total. The summed E-state index contributed by atoms with van der Waals surface area (Å²) in [6.45, 7) is 4.05. The summed E-state index contributed by atoms with van der Waals surface area (Å²) in [5.41, 5.74) is 0. The van der Waals surface area contributed by atoms with Crippen LogP contribution in [-0.4, -0.2) is 56.3 Å². The number of ether oxygens (including phenoxy) is 2. The maximum Gasteiger partial charge on any atom is 0.472 e. The molecule has 0 aliphatic heterocycles. The predicted molar refractivity (Wildman–Crippen MR) is 243 cm³/mol. The number of esters is 2. The van der Waals surface area contributed by atoms with Gasteiger partial charge in [-0.3, -0.25) is 18.6 Å². The molecule has 0 radical (unpaired) electrons. The van der Waals surface area contributed by atoms with Gasteiger partial charge in [-0.05, 0) is 90.5 Å². The molecule has 0 saturated carbocycles. The quantitative estimate of drug-likeness (QED) is 0.0268. The summed E-state index contributed by atoms with van der Waals surface area (Å²) in [6, 6.07) is 0. The van der Waals surface area contributed by atoms with Gasteiger partial charge in [0.1, 0.15) is 6.61 Å². The van der Waals surface area contributed by atoms with Crippen LogP contribution in [0.1, 0.15) is 181 Å². The number of hydrogen-bond donors (Lipinski definition) is 2. The van der Waals surface area contributed by atoms with Crippen LogP contribution in [0.25, 0.3) is 0 Å². The Hall–Kier alpha value is -2.55. The molecule has 2 N–H and O–H groups in total. The molecule has 334 valence electrons. The highest BCUT2D eigenvalue weighted by molar-refractivity contribution is 7.47. The van der Waals surface area contributed by atoms with E-state index in [1.54, 1.807) is 7.05 Å². The van der Waals surface area contributed by atoms with E-state index in [2.05, 4.69) is 92.1 Å². The lowest BCUT2D eigenvalue weighted by atomic mass is 10.1. The van der Waals surface area contributed by atoms with E-state index >= 15 is 0 Å². The predicted octanol–water partition coefficient (Wildman–Crippen LogP) is 13.3. The van der Waals surface area contributed by atoms with Crippen molar-refractivity contribution in [2.24, 2.45) is 0 Å². The number of unbranched alkanes of at least 4 members (excludes halogenated alkanes) is 16. The topological polar surface area (TPSA) is 120 Å². The molecule has 0 spiro atoms. The van der Waals surface area contributed by atoms with E-state index < -0.39 is 32.5 Å². The summed E-state index contributed by atoms with van der Waals surface area (Å²) < 4.78 is 33.2. The molecule has 0 amide bonds. The van der Waals surface area contributed by atoms with Crippen molar-refractivity contribution in [2.45, 2.75) is 187 Å². The molecule has 0 fully saturated rings. The maximum absolute atomic E-state index is 12.7. The molecule has 0 rings (SSSR count). The molecule has 0 bridgehead atoms. The molecule has 10 heteroatoms. The van der Waals surface area contributed by atoms with Gasteiger partial charge < -0.3 is 19.7 Å². The van der Waals surface area contributed by atoms with Crippen LogP contribution < -0.4 is 5.32 Å². The number of carbonyl (C=O) groups excluding carboxylic acids is 2. The van der Waals surface area contributed by atoms with E-state index in [0.29, 0.717) is 19.4 Å². The number of hydrogen-bond acceptors (Lipinski definition) is 8. The Balaban J connectivity index is 4.24. The van der Waals surface area contributed by atoms with Crippen LogP contribution in [0.4, 0.5) is 0 Å². The lowest BCUT2D eigenvalue weighted by Gasteiger charge is -2.20. The van der Waals surface area contributed by atoms with Crippen LogP contribution >= 0.6 is 7.82 Å². The molecule has 0 aromatic carbocycles. The Morgan fingerprint density at radius 3 is 1.47 bits per heavy atom. The van der Waals surface area contributed by atoms with Crippen LogP contribution in [0.5, 0.6) is 0 Å². The van der Waals surface area contributed by atoms with E-state index in [1.165, 1.54) is 57.8 Å². The van der Waals surface area contributed by atoms with Gasteiger partial charge >= 0.3 is 19.8 Å². The first-order chi connectivity index (χ1) is 28.3. The van der Waals surface area contributed by atoms with E-state index in [4.69, 9.17) is 18.5 Å². The summed E-state index contributed by atoms with van der Waals surface area (Å²) in [5.74, 6) is -0.843. The van der Waals surface area contributed by atoms with E-state index in [0.717, 1.165) is 83.5 Å². The van der Waals surface area contributed by atoms with E-state index in [-0.39, 0.29) is 26.1 Å². The second-order valence-corrected chi connectivity index (χ2v) is 16.3. The molecule has 2 unspecified atom stereocenters. The second kappa shape index (κ2) is 44.0. The monoisotopic (exact) mass is 834 g/mol. The zero-order valence-electron chi connectivity index (χ0n) is 37.0. The zero-order chi connectivity index (χ0) is 42.5. The Kier molecular flexibility index (Phi) is 42.1. The minimum atomic E-state index is -4.36. The highest BCUT2D eigenvalue weighted by Gasteiger charge is 2.26. The van der Waals surface area contributed by atoms with Gasteiger partial charge in [-0.15, -0.1) is 0 Å². The largest absolute Gasteiger partial charge is 0.472 e. The Bertz CT molecular complexity index is 1180. The van der Waals surface area contributed by atoms with E-state index in [9.17, 15) is 19.0 Å². The first-order valence-corrected chi connectivity index (χ1v) is 24.4. The van der Waals surface area contributed by atoms with Crippen LogP contribution in [0.2, 0.25) is 0 Å². The number of phosphoric acid groups is 1. The van der Waals surface area contributed by atoms with Crippen molar-refractivity contribution in [2.75, 3.05) is 33.4 Å². The van der Waals surface area contributed by atoms with Crippen LogP contribution in [0, 0.1) is 0 Å². The molecule has 2 atom stereocenters. The van der Waals surface area contributed by atoms with Crippen molar-refractivity contribution >= 4 is 19.8 Å². The number of carbonyl (C=O) groups is 2. The van der Waals surface area contributed by atoms with Gasteiger partial charge in [-0.1, -0.05) is 157 Å². The molecule has 0 saturated heterocycles. The molecule has 0 aromatic heterocycles. The van der Waals surface area contributed by atoms with Crippen molar-refractivity contribution in [3.8, 4) is 0 Å². The third kappa shape index (κ3) is 43.0. The Labute approximate surface area is 354 Å². The lowest BCUT2D eigenvalue weighted by molar-refractivity contribution is -0.161. The van der Waals surface area contributed by atoms with Gasteiger partial charge in [0.15, 0.2) is 6.10 Å². The summed E-state index contributed by atoms with van der Waals surface area (Å²) in [5, 5.41) is 2.82. The number of nitrogens with one attached hydrogen (secondary N) is 1. The number of allylic oxidation sites excluding steroid dienone is 12. The van der Waals surface area contributed by atoms with E-state index in [1.807, 2.05) is 0 Å².